The van der Waals surface area contributed by atoms with Crippen LogP contribution in [0.5, 0.6) is 0 Å². The molecule has 0 radical (unpaired) electrons. The van der Waals surface area contributed by atoms with Gasteiger partial charge in [0.05, 0.1) is 5.69 Å². The SMILES string of the molecule is CN(C)C(=O)c1cc2c(C3=CC=C(CNC(=O)C4=CC(C)(C)C=CC=C4)CC(C)(C)C3)ncnc2[nH]1. The molecule has 0 atom stereocenters. The minimum Gasteiger partial charge on any atom is -0.348 e. The maximum atomic E-state index is 12.9. The Morgan fingerprint density at radius 1 is 1.08 bits per heavy atom. The first-order valence-corrected chi connectivity index (χ1v) is 12.3. The van der Waals surface area contributed by atoms with Gasteiger partial charge in [0.1, 0.15) is 17.7 Å². The summed E-state index contributed by atoms with van der Waals surface area (Å²) in [6, 6.07) is 1.83. The second-order valence-electron chi connectivity index (χ2n) is 11.2. The molecule has 0 spiro atoms. The third-order valence-corrected chi connectivity index (χ3v) is 6.44. The number of nitrogens with zero attached hydrogens (tertiary/aromatic N) is 3. The second-order valence-corrected chi connectivity index (χ2v) is 11.2. The fraction of sp³-hybridized carbons (Fsp3) is 0.379. The van der Waals surface area contributed by atoms with Gasteiger partial charge in [-0.05, 0) is 36.0 Å². The zero-order valence-electron chi connectivity index (χ0n) is 22.0. The number of fused-ring (bicyclic) bond motifs is 1. The van der Waals surface area contributed by atoms with Crippen molar-refractivity contribution in [1.29, 1.82) is 0 Å². The van der Waals surface area contributed by atoms with Crippen LogP contribution in [0.15, 0.2) is 66.1 Å². The molecular weight excluding hydrogens is 450 g/mol. The predicted octanol–water partition coefficient (Wildman–Crippen LogP) is 4.98. The topological polar surface area (TPSA) is 91.0 Å². The van der Waals surface area contributed by atoms with Crippen molar-refractivity contribution in [2.75, 3.05) is 20.6 Å². The molecule has 2 amide bonds. The molecule has 7 heteroatoms. The Labute approximate surface area is 212 Å². The van der Waals surface area contributed by atoms with E-state index in [0.717, 1.165) is 35.1 Å². The molecule has 0 saturated heterocycles. The summed E-state index contributed by atoms with van der Waals surface area (Å²) in [6.07, 6.45) is 17.2. The summed E-state index contributed by atoms with van der Waals surface area (Å²) in [5, 5.41) is 3.94. The number of nitrogens with one attached hydrogen (secondary N) is 2. The van der Waals surface area contributed by atoms with Crippen LogP contribution in [0.3, 0.4) is 0 Å². The number of allylic oxidation sites excluding steroid dienone is 7. The molecule has 0 unspecified atom stereocenters. The molecule has 2 aliphatic carbocycles. The first kappa shape index (κ1) is 25.4. The summed E-state index contributed by atoms with van der Waals surface area (Å²) < 4.78 is 0. The lowest BCUT2D eigenvalue weighted by molar-refractivity contribution is -0.117. The first-order valence-electron chi connectivity index (χ1n) is 12.3. The molecule has 0 bridgehead atoms. The van der Waals surface area contributed by atoms with Crippen LogP contribution < -0.4 is 5.32 Å². The molecule has 0 aliphatic heterocycles. The third kappa shape index (κ3) is 5.73. The van der Waals surface area contributed by atoms with Gasteiger partial charge in [0.2, 0.25) is 0 Å². The Morgan fingerprint density at radius 3 is 2.61 bits per heavy atom. The third-order valence-electron chi connectivity index (χ3n) is 6.44. The van der Waals surface area contributed by atoms with Crippen molar-refractivity contribution in [2.24, 2.45) is 10.8 Å². The molecule has 0 saturated carbocycles. The molecule has 7 nitrogen and oxygen atoms in total. The van der Waals surface area contributed by atoms with Crippen LogP contribution in [0, 0.1) is 10.8 Å². The van der Waals surface area contributed by atoms with Gasteiger partial charge in [-0.15, -0.1) is 0 Å². The van der Waals surface area contributed by atoms with Crippen LogP contribution in [0.25, 0.3) is 16.6 Å². The van der Waals surface area contributed by atoms with Gasteiger partial charge in [0, 0.05) is 37.0 Å². The largest absolute Gasteiger partial charge is 0.348 e. The highest BCUT2D eigenvalue weighted by atomic mass is 16.2. The monoisotopic (exact) mass is 485 g/mol. The Kier molecular flexibility index (Phi) is 6.85. The Bertz CT molecular complexity index is 1350. The quantitative estimate of drug-likeness (QED) is 0.625. The number of hydrogen-bond donors (Lipinski definition) is 2. The van der Waals surface area contributed by atoms with Crippen LogP contribution in [0.4, 0.5) is 0 Å². The average Bonchev–Trinajstić information content (AvgIpc) is 3.07. The summed E-state index contributed by atoms with van der Waals surface area (Å²) in [4.78, 5) is 39.0. The predicted molar refractivity (Wildman–Crippen MR) is 144 cm³/mol. The van der Waals surface area contributed by atoms with Crippen molar-refractivity contribution in [3.8, 4) is 0 Å². The van der Waals surface area contributed by atoms with E-state index in [-0.39, 0.29) is 22.6 Å². The van der Waals surface area contributed by atoms with Gasteiger partial charge in [0.15, 0.2) is 0 Å². The van der Waals surface area contributed by atoms with Gasteiger partial charge >= 0.3 is 0 Å². The summed E-state index contributed by atoms with van der Waals surface area (Å²) in [5.74, 6) is -0.178. The number of aromatic nitrogens is 3. The van der Waals surface area contributed by atoms with Crippen molar-refractivity contribution >= 4 is 28.4 Å². The van der Waals surface area contributed by atoms with Crippen LogP contribution >= 0.6 is 0 Å². The van der Waals surface area contributed by atoms with Gasteiger partial charge < -0.3 is 15.2 Å². The van der Waals surface area contributed by atoms with Crippen LogP contribution in [0.1, 0.15) is 56.7 Å². The van der Waals surface area contributed by atoms with E-state index in [0.29, 0.717) is 23.5 Å². The number of H-pyrrole nitrogens is 1. The van der Waals surface area contributed by atoms with E-state index in [9.17, 15) is 9.59 Å². The summed E-state index contributed by atoms with van der Waals surface area (Å²) in [5.41, 5.74) is 4.66. The molecule has 2 aliphatic rings. The Balaban J connectivity index is 1.59. The fourth-order valence-corrected chi connectivity index (χ4v) is 4.76. The minimum atomic E-state index is -0.171. The van der Waals surface area contributed by atoms with Gasteiger partial charge in [-0.1, -0.05) is 69.7 Å². The lowest BCUT2D eigenvalue weighted by Gasteiger charge is -2.26. The van der Waals surface area contributed by atoms with Gasteiger partial charge in [0.25, 0.3) is 11.8 Å². The molecule has 36 heavy (non-hydrogen) atoms. The van der Waals surface area contributed by atoms with Gasteiger partial charge in [-0.25, -0.2) is 9.97 Å². The number of hydrogen-bond acceptors (Lipinski definition) is 4. The molecular formula is C29H35N5O2. The maximum Gasteiger partial charge on any atom is 0.269 e. The number of carbonyl (C=O) groups excluding carboxylic acids is 2. The van der Waals surface area contributed by atoms with Crippen LogP contribution in [0.2, 0.25) is 0 Å². The normalized spacial score (nSPS) is 18.6. The lowest BCUT2D eigenvalue weighted by Crippen LogP contribution is -2.28. The van der Waals surface area contributed by atoms with E-state index in [2.05, 4.69) is 66.2 Å². The van der Waals surface area contributed by atoms with Crippen molar-refractivity contribution in [2.45, 2.75) is 40.5 Å². The molecule has 2 aromatic rings. The van der Waals surface area contributed by atoms with E-state index in [1.807, 2.05) is 30.4 Å². The molecule has 2 N–H and O–H groups in total. The van der Waals surface area contributed by atoms with E-state index < -0.39 is 0 Å². The molecule has 188 valence electrons. The van der Waals surface area contributed by atoms with E-state index in [1.165, 1.54) is 11.2 Å². The van der Waals surface area contributed by atoms with Crippen molar-refractivity contribution < 1.29 is 9.59 Å². The van der Waals surface area contributed by atoms with Crippen molar-refractivity contribution in [1.82, 2.24) is 25.2 Å². The molecule has 2 heterocycles. The Hall–Kier alpha value is -3.74. The summed E-state index contributed by atoms with van der Waals surface area (Å²) in [7, 11) is 3.45. The van der Waals surface area contributed by atoms with Crippen molar-refractivity contribution in [3.05, 3.63) is 77.5 Å². The highest BCUT2D eigenvalue weighted by Gasteiger charge is 2.27. The van der Waals surface area contributed by atoms with E-state index in [1.54, 1.807) is 14.1 Å². The first-order chi connectivity index (χ1) is 16.9. The highest BCUT2D eigenvalue weighted by molar-refractivity contribution is 5.99. The summed E-state index contributed by atoms with van der Waals surface area (Å²) >= 11 is 0. The lowest BCUT2D eigenvalue weighted by atomic mass is 9.80. The molecule has 0 aromatic carbocycles. The smallest absolute Gasteiger partial charge is 0.269 e. The van der Waals surface area contributed by atoms with Crippen LogP contribution in [-0.4, -0.2) is 52.3 Å². The van der Waals surface area contributed by atoms with Gasteiger partial charge in [-0.3, -0.25) is 9.59 Å². The number of aromatic amines is 1. The highest BCUT2D eigenvalue weighted by Crippen LogP contribution is 2.39. The fourth-order valence-electron chi connectivity index (χ4n) is 4.76. The van der Waals surface area contributed by atoms with Crippen LogP contribution in [-0.2, 0) is 4.79 Å². The number of rotatable bonds is 5. The number of carbonyl (C=O) groups is 2. The van der Waals surface area contributed by atoms with Crippen molar-refractivity contribution in [3.63, 3.8) is 0 Å². The standard InChI is InChI=1S/C29H35N5O2/c1-28(2)12-8-7-9-21(16-28)26(35)30-17-19-10-11-20(15-29(3,4)14-19)24-22-13-23(27(36)34(5)6)33-25(22)32-18-31-24/h7-13,16,18H,14-15,17H2,1-6H3,(H,30,35)(H,31,32,33). The zero-order chi connectivity index (χ0) is 26.1. The maximum absolute atomic E-state index is 12.9. The van der Waals surface area contributed by atoms with E-state index in [4.69, 9.17) is 0 Å². The summed E-state index contributed by atoms with van der Waals surface area (Å²) in [6.45, 7) is 9.10. The Morgan fingerprint density at radius 2 is 1.86 bits per heavy atom. The zero-order valence-corrected chi connectivity index (χ0v) is 22.0. The van der Waals surface area contributed by atoms with Gasteiger partial charge in [-0.2, -0.15) is 0 Å². The average molecular weight is 486 g/mol. The minimum absolute atomic E-state index is 0.0395. The number of amides is 2. The molecule has 0 fully saturated rings. The molecule has 2 aromatic heterocycles. The van der Waals surface area contributed by atoms with E-state index >= 15 is 0 Å². The second kappa shape index (κ2) is 9.72. The molecule has 4 rings (SSSR count).